The molecule has 2 rings (SSSR count). The molecule has 0 bridgehead atoms. The average molecular weight is 478 g/mol. The van der Waals surface area contributed by atoms with E-state index in [4.69, 9.17) is 4.74 Å². The average Bonchev–Trinajstić information content (AvgIpc) is 2.63. The predicted octanol–water partition coefficient (Wildman–Crippen LogP) is 2.95. The number of halogens is 1. The summed E-state index contributed by atoms with van der Waals surface area (Å²) in [4.78, 5) is 6.72. The summed E-state index contributed by atoms with van der Waals surface area (Å²) in [6, 6.07) is 8.82. The van der Waals surface area contributed by atoms with Crippen molar-refractivity contribution in [2.75, 3.05) is 50.2 Å². The van der Waals surface area contributed by atoms with Gasteiger partial charge in [-0.3, -0.25) is 4.99 Å². The Morgan fingerprint density at radius 2 is 1.84 bits per heavy atom. The molecule has 0 aromatic heterocycles. The van der Waals surface area contributed by atoms with Gasteiger partial charge >= 0.3 is 0 Å². The van der Waals surface area contributed by atoms with Crippen LogP contribution in [0.15, 0.2) is 29.3 Å². The summed E-state index contributed by atoms with van der Waals surface area (Å²) in [6.45, 7) is 7.84. The van der Waals surface area contributed by atoms with E-state index >= 15 is 0 Å². The predicted molar refractivity (Wildman–Crippen MR) is 121 cm³/mol. The highest BCUT2D eigenvalue weighted by Gasteiger charge is 2.16. The molecule has 0 aliphatic carbocycles. The molecule has 0 spiro atoms. The molecular formula is C18H31IN4OS. The van der Waals surface area contributed by atoms with E-state index in [2.05, 4.69) is 44.8 Å². The van der Waals surface area contributed by atoms with Gasteiger partial charge in [0.05, 0.1) is 5.60 Å². The van der Waals surface area contributed by atoms with Gasteiger partial charge in [0, 0.05) is 57.5 Å². The van der Waals surface area contributed by atoms with E-state index in [0.717, 1.165) is 25.6 Å². The number of guanidine groups is 1. The van der Waals surface area contributed by atoms with Crippen LogP contribution in [-0.2, 0) is 11.3 Å². The van der Waals surface area contributed by atoms with Crippen molar-refractivity contribution in [3.63, 3.8) is 0 Å². The van der Waals surface area contributed by atoms with Crippen molar-refractivity contribution in [3.05, 3.63) is 29.8 Å². The number of anilines is 1. The quantitative estimate of drug-likeness (QED) is 0.374. The lowest BCUT2D eigenvalue weighted by Gasteiger charge is -2.28. The molecule has 1 aliphatic rings. The molecule has 25 heavy (non-hydrogen) atoms. The van der Waals surface area contributed by atoms with Gasteiger partial charge < -0.3 is 20.3 Å². The fourth-order valence-electron chi connectivity index (χ4n) is 2.42. The van der Waals surface area contributed by atoms with Gasteiger partial charge in [0.25, 0.3) is 0 Å². The minimum Gasteiger partial charge on any atom is -0.377 e. The molecule has 1 heterocycles. The summed E-state index contributed by atoms with van der Waals surface area (Å²) in [5, 5.41) is 6.65. The molecule has 142 valence electrons. The van der Waals surface area contributed by atoms with Crippen LogP contribution in [0.1, 0.15) is 19.4 Å². The maximum absolute atomic E-state index is 5.41. The number of nitrogens with zero attached hydrogens (tertiary/aromatic N) is 2. The molecule has 0 unspecified atom stereocenters. The highest BCUT2D eigenvalue weighted by atomic mass is 127. The van der Waals surface area contributed by atoms with Crippen molar-refractivity contribution < 1.29 is 4.74 Å². The van der Waals surface area contributed by atoms with E-state index in [-0.39, 0.29) is 29.6 Å². The van der Waals surface area contributed by atoms with Crippen LogP contribution >= 0.6 is 35.7 Å². The van der Waals surface area contributed by atoms with Crippen molar-refractivity contribution >= 4 is 47.4 Å². The molecule has 0 saturated carbocycles. The number of rotatable bonds is 6. The summed E-state index contributed by atoms with van der Waals surface area (Å²) in [5.74, 6) is 3.24. The third kappa shape index (κ3) is 7.62. The Morgan fingerprint density at radius 3 is 2.40 bits per heavy atom. The summed E-state index contributed by atoms with van der Waals surface area (Å²) in [7, 11) is 3.51. The molecule has 1 aromatic rings. The maximum Gasteiger partial charge on any atom is 0.191 e. The molecule has 0 amide bonds. The van der Waals surface area contributed by atoms with E-state index in [1.165, 1.54) is 22.8 Å². The third-order valence-electron chi connectivity index (χ3n) is 4.23. The summed E-state index contributed by atoms with van der Waals surface area (Å²) >= 11 is 2.04. The van der Waals surface area contributed by atoms with Gasteiger partial charge in [-0.25, -0.2) is 0 Å². The summed E-state index contributed by atoms with van der Waals surface area (Å²) in [6.07, 6.45) is 0. The number of ether oxygens (including phenoxy) is 1. The van der Waals surface area contributed by atoms with E-state index < -0.39 is 0 Å². The zero-order valence-corrected chi connectivity index (χ0v) is 18.8. The molecule has 1 aromatic carbocycles. The number of aliphatic imine (C=N–C) groups is 1. The Labute approximate surface area is 173 Å². The molecule has 5 nitrogen and oxygen atoms in total. The minimum atomic E-state index is -0.216. The first-order valence-electron chi connectivity index (χ1n) is 8.45. The second kappa shape index (κ2) is 11.1. The Hall–Kier alpha value is -0.670. The van der Waals surface area contributed by atoms with E-state index in [9.17, 15) is 0 Å². The second-order valence-corrected chi connectivity index (χ2v) is 7.73. The maximum atomic E-state index is 5.41. The summed E-state index contributed by atoms with van der Waals surface area (Å²) in [5.41, 5.74) is 2.36. The second-order valence-electron chi connectivity index (χ2n) is 6.51. The normalized spacial score (nSPS) is 15.5. The van der Waals surface area contributed by atoms with E-state index in [1.54, 1.807) is 14.2 Å². The lowest BCUT2D eigenvalue weighted by Crippen LogP contribution is -2.45. The number of benzene rings is 1. The van der Waals surface area contributed by atoms with E-state index in [1.807, 2.05) is 25.6 Å². The van der Waals surface area contributed by atoms with Gasteiger partial charge in [-0.05, 0) is 31.5 Å². The monoisotopic (exact) mass is 478 g/mol. The van der Waals surface area contributed by atoms with Crippen LogP contribution in [0.25, 0.3) is 0 Å². The number of thioether (sulfide) groups is 1. The first kappa shape index (κ1) is 22.4. The van der Waals surface area contributed by atoms with Gasteiger partial charge in [0.1, 0.15) is 0 Å². The first-order valence-corrected chi connectivity index (χ1v) is 9.61. The molecular weight excluding hydrogens is 447 g/mol. The van der Waals surface area contributed by atoms with Crippen LogP contribution in [0.4, 0.5) is 5.69 Å². The van der Waals surface area contributed by atoms with Crippen LogP contribution < -0.4 is 15.5 Å². The number of nitrogens with one attached hydrogen (secondary N) is 2. The van der Waals surface area contributed by atoms with Crippen molar-refractivity contribution in [1.82, 2.24) is 10.6 Å². The highest BCUT2D eigenvalue weighted by molar-refractivity contribution is 14.0. The highest BCUT2D eigenvalue weighted by Crippen LogP contribution is 2.19. The van der Waals surface area contributed by atoms with Crippen molar-refractivity contribution in [2.45, 2.75) is 26.0 Å². The molecule has 0 radical (unpaired) electrons. The van der Waals surface area contributed by atoms with Gasteiger partial charge in [-0.15, -0.1) is 24.0 Å². The van der Waals surface area contributed by atoms with Gasteiger partial charge in [-0.2, -0.15) is 11.8 Å². The fourth-order valence-corrected chi connectivity index (χ4v) is 3.32. The Balaban J connectivity index is 0.00000312. The SMILES string of the molecule is CN=C(NCc1ccc(N2CCSCC2)cc1)NCC(C)(C)OC.I. The smallest absolute Gasteiger partial charge is 0.191 e. The van der Waals surface area contributed by atoms with Crippen LogP contribution in [0.2, 0.25) is 0 Å². The molecule has 0 atom stereocenters. The molecule has 1 saturated heterocycles. The van der Waals surface area contributed by atoms with Crippen LogP contribution in [0.3, 0.4) is 0 Å². The van der Waals surface area contributed by atoms with Crippen molar-refractivity contribution in [3.8, 4) is 0 Å². The molecule has 1 aliphatic heterocycles. The molecule has 1 fully saturated rings. The minimum absolute atomic E-state index is 0. The molecule has 7 heteroatoms. The lowest BCUT2D eigenvalue weighted by atomic mass is 10.1. The van der Waals surface area contributed by atoms with Gasteiger partial charge in [0.15, 0.2) is 5.96 Å². The topological polar surface area (TPSA) is 48.9 Å². The van der Waals surface area contributed by atoms with Crippen molar-refractivity contribution in [2.24, 2.45) is 4.99 Å². The largest absolute Gasteiger partial charge is 0.377 e. The van der Waals surface area contributed by atoms with Crippen LogP contribution in [0.5, 0.6) is 0 Å². The first-order chi connectivity index (χ1) is 11.5. The fraction of sp³-hybridized carbons (Fsp3) is 0.611. The Bertz CT molecular complexity index is 530. The third-order valence-corrected chi connectivity index (χ3v) is 5.17. The standard InChI is InChI=1S/C18H30N4OS.HI/c1-18(2,23-4)14-21-17(19-3)20-13-15-5-7-16(8-6-15)22-9-11-24-12-10-22;/h5-8H,9-14H2,1-4H3,(H2,19,20,21);1H. The number of hydrogen-bond donors (Lipinski definition) is 2. The van der Waals surface area contributed by atoms with Gasteiger partial charge in [0.2, 0.25) is 0 Å². The van der Waals surface area contributed by atoms with Crippen LogP contribution in [0, 0.1) is 0 Å². The number of hydrogen-bond acceptors (Lipinski definition) is 4. The zero-order chi connectivity index (χ0) is 17.4. The molecule has 2 N–H and O–H groups in total. The van der Waals surface area contributed by atoms with E-state index in [0.29, 0.717) is 6.54 Å². The summed E-state index contributed by atoms with van der Waals surface area (Å²) < 4.78 is 5.41. The van der Waals surface area contributed by atoms with Gasteiger partial charge in [-0.1, -0.05) is 12.1 Å². The van der Waals surface area contributed by atoms with Crippen molar-refractivity contribution in [1.29, 1.82) is 0 Å². The number of methoxy groups -OCH3 is 1. The lowest BCUT2D eigenvalue weighted by molar-refractivity contribution is 0.0268. The Morgan fingerprint density at radius 1 is 1.20 bits per heavy atom. The Kier molecular flexibility index (Phi) is 9.96. The van der Waals surface area contributed by atoms with Crippen LogP contribution in [-0.4, -0.2) is 56.9 Å². The zero-order valence-electron chi connectivity index (χ0n) is 15.7.